The van der Waals surface area contributed by atoms with Gasteiger partial charge in [0.2, 0.25) is 11.8 Å². The summed E-state index contributed by atoms with van der Waals surface area (Å²) in [7, 11) is 0. The molecule has 4 bridgehead atoms. The zero-order valence-electron chi connectivity index (χ0n) is 38.1. The van der Waals surface area contributed by atoms with Crippen molar-refractivity contribution in [3.05, 3.63) is 95.1 Å². The Labute approximate surface area is 376 Å². The van der Waals surface area contributed by atoms with Gasteiger partial charge in [-0.1, -0.05) is 48.5 Å². The lowest BCUT2D eigenvalue weighted by molar-refractivity contribution is -0.121. The molecule has 1 unspecified atom stereocenters. The van der Waals surface area contributed by atoms with E-state index in [4.69, 9.17) is 20.9 Å². The number of hydrogen-bond acceptors (Lipinski definition) is 8. The van der Waals surface area contributed by atoms with Crippen LogP contribution in [-0.4, -0.2) is 70.2 Å². The first kappa shape index (κ1) is 43.2. The average Bonchev–Trinajstić information content (AvgIpc) is 4.08. The molecular formula is C52H62N6O6. The van der Waals surface area contributed by atoms with Gasteiger partial charge in [-0.25, -0.2) is 9.59 Å². The molecule has 4 aromatic rings. The fraction of sp³-hybridized carbons (Fsp3) is 0.462. The lowest BCUT2D eigenvalue weighted by atomic mass is 9.87. The number of aryl methyl sites for hydroxylation is 4. The van der Waals surface area contributed by atoms with Gasteiger partial charge in [0.05, 0.1) is 22.7 Å². The smallest absolute Gasteiger partial charge is 0.410 e. The van der Waals surface area contributed by atoms with Gasteiger partial charge < -0.3 is 31.6 Å². The predicted octanol–water partition coefficient (Wildman–Crippen LogP) is 9.53. The van der Waals surface area contributed by atoms with Crippen LogP contribution in [0.2, 0.25) is 0 Å². The van der Waals surface area contributed by atoms with Gasteiger partial charge in [0, 0.05) is 13.1 Å². The first-order chi connectivity index (χ1) is 30.2. The zero-order valence-corrected chi connectivity index (χ0v) is 38.1. The molecule has 12 heteroatoms. The van der Waals surface area contributed by atoms with Crippen molar-refractivity contribution < 1.29 is 28.7 Å². The lowest BCUT2D eigenvalue weighted by Gasteiger charge is -2.28. The minimum atomic E-state index is -0.657. The summed E-state index contributed by atoms with van der Waals surface area (Å²) >= 11 is 0. The second-order valence-electron chi connectivity index (χ2n) is 21.2. The van der Waals surface area contributed by atoms with E-state index in [0.717, 1.165) is 73.6 Å². The molecule has 2 saturated heterocycles. The van der Waals surface area contributed by atoms with Gasteiger partial charge in [-0.15, -0.1) is 0 Å². The Hall–Kier alpha value is -6.04. The van der Waals surface area contributed by atoms with Crippen molar-refractivity contribution in [2.24, 2.45) is 10.8 Å². The Morgan fingerprint density at radius 2 is 0.953 bits per heavy atom. The second kappa shape index (κ2) is 15.9. The molecule has 2 aliphatic heterocycles. The summed E-state index contributed by atoms with van der Waals surface area (Å²) < 4.78 is 11.4. The van der Waals surface area contributed by atoms with E-state index in [9.17, 15) is 19.2 Å². The van der Waals surface area contributed by atoms with Crippen molar-refractivity contribution in [1.29, 1.82) is 0 Å². The van der Waals surface area contributed by atoms with Crippen LogP contribution in [0, 0.1) is 10.8 Å². The number of rotatable bonds is 6. The number of amides is 4. The van der Waals surface area contributed by atoms with Crippen molar-refractivity contribution in [3.8, 4) is 22.3 Å². The highest BCUT2D eigenvalue weighted by Gasteiger charge is 2.57. The third kappa shape index (κ3) is 9.14. The van der Waals surface area contributed by atoms with E-state index in [2.05, 4.69) is 47.0 Å². The second-order valence-corrected chi connectivity index (χ2v) is 21.2. The van der Waals surface area contributed by atoms with Crippen LogP contribution in [0.3, 0.4) is 0 Å². The van der Waals surface area contributed by atoms with Gasteiger partial charge in [-0.05, 0) is 185 Å². The summed E-state index contributed by atoms with van der Waals surface area (Å²) in [6, 6.07) is 23.8. The highest BCUT2D eigenvalue weighted by atomic mass is 16.6. The quantitative estimate of drug-likeness (QED) is 0.139. The molecule has 64 heavy (non-hydrogen) atoms. The molecule has 4 aromatic carbocycles. The molecule has 0 radical (unpaired) electrons. The summed E-state index contributed by atoms with van der Waals surface area (Å²) in [5, 5.41) is 6.08. The van der Waals surface area contributed by atoms with Crippen molar-refractivity contribution in [2.45, 2.75) is 129 Å². The van der Waals surface area contributed by atoms with Crippen LogP contribution >= 0.6 is 0 Å². The van der Waals surface area contributed by atoms with Gasteiger partial charge in [0.1, 0.15) is 23.3 Å². The maximum atomic E-state index is 13.7. The largest absolute Gasteiger partial charge is 0.444 e. The molecule has 2 heterocycles. The number of nitrogen functional groups attached to an aromatic ring is 2. The minimum absolute atomic E-state index is 0.00476. The molecule has 336 valence electrons. The first-order valence-corrected chi connectivity index (χ1v) is 22.9. The van der Waals surface area contributed by atoms with Crippen LogP contribution in [0.25, 0.3) is 22.3 Å². The monoisotopic (exact) mass is 866 g/mol. The van der Waals surface area contributed by atoms with E-state index in [1.807, 2.05) is 77.9 Å². The van der Waals surface area contributed by atoms with Gasteiger partial charge in [0.15, 0.2) is 0 Å². The van der Waals surface area contributed by atoms with Crippen LogP contribution in [0.4, 0.5) is 32.3 Å². The van der Waals surface area contributed by atoms with E-state index in [1.165, 1.54) is 22.3 Å². The Morgan fingerprint density at radius 3 is 1.30 bits per heavy atom. The van der Waals surface area contributed by atoms with E-state index in [0.29, 0.717) is 48.7 Å². The Bertz CT molecular complexity index is 2370. The Morgan fingerprint density at radius 1 is 0.562 bits per heavy atom. The predicted molar refractivity (Wildman–Crippen MR) is 251 cm³/mol. The summed E-state index contributed by atoms with van der Waals surface area (Å²) in [5.74, 6) is -0.499. The number of nitrogens with zero attached hydrogens (tertiary/aromatic N) is 2. The molecule has 4 fully saturated rings. The third-order valence-corrected chi connectivity index (χ3v) is 13.7. The fourth-order valence-corrected chi connectivity index (χ4v) is 9.89. The number of likely N-dealkylation sites (tertiary alicyclic amines) is 2. The molecule has 4 amide bonds. The fourth-order valence-electron chi connectivity index (χ4n) is 9.89. The van der Waals surface area contributed by atoms with Gasteiger partial charge in [0.25, 0.3) is 0 Å². The molecule has 8 aliphatic rings. The zero-order chi connectivity index (χ0) is 45.3. The van der Waals surface area contributed by atoms with Crippen LogP contribution in [0.1, 0.15) is 102 Å². The maximum Gasteiger partial charge on any atom is 0.410 e. The van der Waals surface area contributed by atoms with Crippen LogP contribution < -0.4 is 22.1 Å². The third-order valence-electron chi connectivity index (χ3n) is 13.7. The number of anilines is 4. The van der Waals surface area contributed by atoms with Crippen molar-refractivity contribution in [1.82, 2.24) is 9.80 Å². The van der Waals surface area contributed by atoms with Crippen molar-refractivity contribution >= 4 is 46.8 Å². The summed E-state index contributed by atoms with van der Waals surface area (Å²) in [4.78, 5) is 57.0. The number of carbonyl (C=O) groups is 4. The number of benzene rings is 4. The summed E-state index contributed by atoms with van der Waals surface area (Å²) in [6.45, 7) is 12.1. The SMILES string of the molecule is CC(C)(C)OC(=O)N1CC2(CC2)CC1C(=O)Nc1ccc(-c2cc3ccc2CCc2ccc(c(-c4ccc(NC(=O)[C@@H]5CC6(CC6)CN5C(=O)OC(C)(C)C)c(N)c4)c2)CC3)cc1N. The van der Waals surface area contributed by atoms with Crippen molar-refractivity contribution in [3.63, 3.8) is 0 Å². The van der Waals surface area contributed by atoms with E-state index in [1.54, 1.807) is 9.80 Å². The van der Waals surface area contributed by atoms with Crippen LogP contribution in [-0.2, 0) is 44.7 Å². The van der Waals surface area contributed by atoms with Crippen LogP contribution in [0.5, 0.6) is 0 Å². The lowest BCUT2D eigenvalue weighted by Crippen LogP contribution is -2.45. The molecule has 0 aromatic heterocycles. The number of carbonyl (C=O) groups excluding carboxylic acids is 4. The molecule has 2 atom stereocenters. The number of nitrogens with two attached hydrogens (primary N) is 2. The summed E-state index contributed by atoms with van der Waals surface area (Å²) in [5.41, 5.74) is 23.0. The summed E-state index contributed by atoms with van der Waals surface area (Å²) in [6.07, 6.45) is 7.57. The molecule has 6 aliphatic carbocycles. The topological polar surface area (TPSA) is 169 Å². The number of hydrogen-bond donors (Lipinski definition) is 4. The van der Waals surface area contributed by atoms with Gasteiger partial charge in [-0.2, -0.15) is 0 Å². The highest BCUT2D eigenvalue weighted by Crippen LogP contribution is 2.56. The minimum Gasteiger partial charge on any atom is -0.444 e. The highest BCUT2D eigenvalue weighted by molar-refractivity contribution is 6.01. The van der Waals surface area contributed by atoms with E-state index < -0.39 is 35.5 Å². The molecular weight excluding hydrogens is 805 g/mol. The first-order valence-electron chi connectivity index (χ1n) is 22.9. The van der Waals surface area contributed by atoms with Gasteiger partial charge in [-0.3, -0.25) is 19.4 Å². The molecule has 6 N–H and O–H groups in total. The Balaban J connectivity index is 0.890. The molecule has 2 saturated carbocycles. The number of ether oxygens (including phenoxy) is 2. The Kier molecular flexibility index (Phi) is 10.7. The standard InChI is InChI=1S/C52H62N6O6/c1-49(2,3)63-47(61)57-29-51(19-20-51)27-43(57)45(59)55-41-17-15-35(25-39(41)53)37-23-31-7-11-33(37)13-9-32-8-12-34(14-10-31)38(24-32)36-16-18-42(40(54)26-36)56-46(60)44-28-52(21-22-52)30-58(44)48(62)64-50(4,5)6/h7-8,11-12,15-18,23-26,43-44H,9-10,13-14,19-22,27-30,53-54H2,1-6H3,(H,55,59)(H,56,60)/t43-,44?/m0/s1. The van der Waals surface area contributed by atoms with Gasteiger partial charge >= 0.3 is 12.2 Å². The van der Waals surface area contributed by atoms with E-state index in [-0.39, 0.29) is 22.6 Å². The molecule has 12 rings (SSSR count). The number of nitrogens with one attached hydrogen (secondary N) is 2. The van der Waals surface area contributed by atoms with E-state index >= 15 is 0 Å². The van der Waals surface area contributed by atoms with Crippen molar-refractivity contribution in [2.75, 3.05) is 35.2 Å². The average molecular weight is 867 g/mol. The normalized spacial score (nSPS) is 20.5. The van der Waals surface area contributed by atoms with Crippen LogP contribution in [0.15, 0.2) is 72.8 Å². The maximum absolute atomic E-state index is 13.7. The molecule has 12 nitrogen and oxygen atoms in total. The molecule has 2 spiro atoms.